The molecule has 2 rings (SSSR count). The van der Waals surface area contributed by atoms with E-state index in [9.17, 15) is 4.79 Å². The quantitative estimate of drug-likeness (QED) is 0.905. The smallest absolute Gasteiger partial charge is 0.251 e. The third-order valence-corrected chi connectivity index (χ3v) is 3.73. The van der Waals surface area contributed by atoms with Crippen LogP contribution < -0.4 is 11.1 Å². The largest absolute Gasteiger partial charge is 0.347 e. The lowest BCUT2D eigenvalue weighted by Crippen LogP contribution is -2.22. The van der Waals surface area contributed by atoms with Gasteiger partial charge in [-0.15, -0.1) is 11.3 Å². The summed E-state index contributed by atoms with van der Waals surface area (Å²) in [5.74, 6) is -0.0944. The average Bonchev–Trinajstić information content (AvgIpc) is 2.82. The maximum atomic E-state index is 11.9. The number of carbonyl (C=O) groups excluding carboxylic acids is 1. The molecule has 5 heteroatoms. The van der Waals surface area contributed by atoms with Gasteiger partial charge in [-0.05, 0) is 29.8 Å². The van der Waals surface area contributed by atoms with Crippen LogP contribution in [-0.4, -0.2) is 5.91 Å². The van der Waals surface area contributed by atoms with Crippen LogP contribution in [-0.2, 0) is 13.1 Å². The van der Waals surface area contributed by atoms with E-state index in [4.69, 9.17) is 17.3 Å². The first-order valence-electron chi connectivity index (χ1n) is 5.50. The van der Waals surface area contributed by atoms with E-state index in [0.717, 1.165) is 14.8 Å². The summed E-state index contributed by atoms with van der Waals surface area (Å²) in [6, 6.07) is 11.0. The van der Waals surface area contributed by atoms with Crippen LogP contribution in [0.2, 0.25) is 4.34 Å². The molecule has 0 saturated heterocycles. The van der Waals surface area contributed by atoms with Gasteiger partial charge >= 0.3 is 0 Å². The number of nitrogens with two attached hydrogens (primary N) is 1. The van der Waals surface area contributed by atoms with Gasteiger partial charge in [0.1, 0.15) is 0 Å². The molecule has 1 amide bonds. The Labute approximate surface area is 115 Å². The highest BCUT2D eigenvalue weighted by Crippen LogP contribution is 2.21. The van der Waals surface area contributed by atoms with E-state index in [1.165, 1.54) is 11.3 Å². The van der Waals surface area contributed by atoms with Crippen LogP contribution in [0.5, 0.6) is 0 Å². The van der Waals surface area contributed by atoms with Gasteiger partial charge in [0.2, 0.25) is 0 Å². The molecule has 0 atom stereocenters. The maximum Gasteiger partial charge on any atom is 0.251 e. The maximum absolute atomic E-state index is 11.9. The molecule has 18 heavy (non-hydrogen) atoms. The molecular weight excluding hydrogens is 268 g/mol. The van der Waals surface area contributed by atoms with Gasteiger partial charge in [0.05, 0.1) is 10.9 Å². The number of carbonyl (C=O) groups is 1. The van der Waals surface area contributed by atoms with Gasteiger partial charge in [-0.2, -0.15) is 0 Å². The van der Waals surface area contributed by atoms with Crippen LogP contribution in [0.4, 0.5) is 0 Å². The zero-order valence-electron chi connectivity index (χ0n) is 9.65. The van der Waals surface area contributed by atoms with Gasteiger partial charge in [-0.1, -0.05) is 23.7 Å². The van der Waals surface area contributed by atoms with Crippen molar-refractivity contribution >= 4 is 28.8 Å². The molecule has 1 heterocycles. The van der Waals surface area contributed by atoms with Gasteiger partial charge in [0.25, 0.3) is 5.91 Å². The first-order chi connectivity index (χ1) is 8.69. The van der Waals surface area contributed by atoms with E-state index in [1.54, 1.807) is 12.1 Å². The summed E-state index contributed by atoms with van der Waals surface area (Å²) in [4.78, 5) is 12.9. The minimum absolute atomic E-state index is 0.0944. The molecular formula is C13H13ClN2OS. The first-order valence-corrected chi connectivity index (χ1v) is 6.70. The highest BCUT2D eigenvalue weighted by atomic mass is 35.5. The minimum atomic E-state index is -0.0944. The summed E-state index contributed by atoms with van der Waals surface area (Å²) in [6.45, 7) is 0.977. The Morgan fingerprint density at radius 3 is 2.50 bits per heavy atom. The van der Waals surface area contributed by atoms with Gasteiger partial charge < -0.3 is 11.1 Å². The summed E-state index contributed by atoms with van der Waals surface area (Å²) >= 11 is 7.29. The lowest BCUT2D eigenvalue weighted by Gasteiger charge is -2.04. The second-order valence-electron chi connectivity index (χ2n) is 3.79. The monoisotopic (exact) mass is 280 g/mol. The van der Waals surface area contributed by atoms with E-state index < -0.39 is 0 Å². The zero-order chi connectivity index (χ0) is 13.0. The number of rotatable bonds is 4. The van der Waals surface area contributed by atoms with Crippen molar-refractivity contribution in [2.24, 2.45) is 5.73 Å². The van der Waals surface area contributed by atoms with Gasteiger partial charge in [0.15, 0.2) is 0 Å². The van der Waals surface area contributed by atoms with Crippen molar-refractivity contribution in [2.45, 2.75) is 13.1 Å². The number of benzene rings is 1. The summed E-state index contributed by atoms with van der Waals surface area (Å²) < 4.78 is 0.728. The molecule has 1 aromatic carbocycles. The van der Waals surface area contributed by atoms with Crippen LogP contribution in [0, 0.1) is 0 Å². The summed E-state index contributed by atoms with van der Waals surface area (Å²) in [5.41, 5.74) is 7.15. The standard InChI is InChI=1S/C13H13ClN2OS/c14-12-6-5-11(18-12)8-16-13(17)10-3-1-9(7-15)2-4-10/h1-6H,7-8,15H2,(H,16,17). The van der Waals surface area contributed by atoms with E-state index >= 15 is 0 Å². The van der Waals surface area contributed by atoms with Crippen molar-refractivity contribution < 1.29 is 4.79 Å². The Kier molecular flexibility index (Phi) is 4.36. The Balaban J connectivity index is 1.94. The summed E-state index contributed by atoms with van der Waals surface area (Å²) in [7, 11) is 0. The van der Waals surface area contributed by atoms with E-state index in [0.29, 0.717) is 18.7 Å². The number of thiophene rings is 1. The van der Waals surface area contributed by atoms with Crippen LogP contribution in [0.3, 0.4) is 0 Å². The van der Waals surface area contributed by atoms with Crippen LogP contribution in [0.15, 0.2) is 36.4 Å². The summed E-state index contributed by atoms with van der Waals surface area (Å²) in [6.07, 6.45) is 0. The second-order valence-corrected chi connectivity index (χ2v) is 5.59. The van der Waals surface area contributed by atoms with Crippen molar-refractivity contribution in [1.82, 2.24) is 5.32 Å². The molecule has 3 nitrogen and oxygen atoms in total. The first kappa shape index (κ1) is 13.1. The molecule has 0 spiro atoms. The SMILES string of the molecule is NCc1ccc(C(=O)NCc2ccc(Cl)s2)cc1. The molecule has 0 radical (unpaired) electrons. The minimum Gasteiger partial charge on any atom is -0.347 e. The molecule has 0 fully saturated rings. The van der Waals surface area contributed by atoms with Crippen molar-refractivity contribution in [3.63, 3.8) is 0 Å². The van der Waals surface area contributed by atoms with Crippen molar-refractivity contribution in [2.75, 3.05) is 0 Å². The van der Waals surface area contributed by atoms with Crippen LogP contribution >= 0.6 is 22.9 Å². The highest BCUT2D eigenvalue weighted by Gasteiger charge is 2.05. The zero-order valence-corrected chi connectivity index (χ0v) is 11.2. The molecule has 0 aliphatic rings. The Bertz CT molecular complexity index is 536. The predicted octanol–water partition coefficient (Wildman–Crippen LogP) is 2.79. The second kappa shape index (κ2) is 6.00. The number of hydrogen-bond acceptors (Lipinski definition) is 3. The topological polar surface area (TPSA) is 55.1 Å². The number of nitrogens with one attached hydrogen (secondary N) is 1. The third-order valence-electron chi connectivity index (χ3n) is 2.50. The van der Waals surface area contributed by atoms with Crippen LogP contribution in [0.25, 0.3) is 0 Å². The Morgan fingerprint density at radius 2 is 1.94 bits per heavy atom. The van der Waals surface area contributed by atoms with Crippen molar-refractivity contribution in [3.05, 3.63) is 56.7 Å². The molecule has 0 aliphatic carbocycles. The van der Waals surface area contributed by atoms with Crippen molar-refractivity contribution in [1.29, 1.82) is 0 Å². The molecule has 0 aliphatic heterocycles. The number of hydrogen-bond donors (Lipinski definition) is 2. The predicted molar refractivity (Wildman–Crippen MR) is 74.8 cm³/mol. The normalized spacial score (nSPS) is 10.3. The lowest BCUT2D eigenvalue weighted by atomic mass is 10.1. The molecule has 1 aromatic heterocycles. The fourth-order valence-electron chi connectivity index (χ4n) is 1.51. The molecule has 94 valence electrons. The van der Waals surface area contributed by atoms with E-state index in [2.05, 4.69) is 5.32 Å². The number of amides is 1. The van der Waals surface area contributed by atoms with Gasteiger partial charge in [-0.25, -0.2) is 0 Å². The average molecular weight is 281 g/mol. The van der Waals surface area contributed by atoms with E-state index in [1.807, 2.05) is 24.3 Å². The molecule has 0 saturated carbocycles. The van der Waals surface area contributed by atoms with Gasteiger partial charge in [-0.3, -0.25) is 4.79 Å². The van der Waals surface area contributed by atoms with E-state index in [-0.39, 0.29) is 5.91 Å². The molecule has 0 unspecified atom stereocenters. The fourth-order valence-corrected chi connectivity index (χ4v) is 2.54. The highest BCUT2D eigenvalue weighted by molar-refractivity contribution is 7.16. The van der Waals surface area contributed by atoms with Crippen molar-refractivity contribution in [3.8, 4) is 0 Å². The fraction of sp³-hybridized carbons (Fsp3) is 0.154. The van der Waals surface area contributed by atoms with Gasteiger partial charge in [0, 0.05) is 17.0 Å². The third kappa shape index (κ3) is 3.32. The Morgan fingerprint density at radius 1 is 1.22 bits per heavy atom. The molecule has 2 aromatic rings. The molecule has 0 bridgehead atoms. The number of halogens is 1. The Hall–Kier alpha value is -1.36. The molecule has 3 N–H and O–H groups in total. The summed E-state index contributed by atoms with van der Waals surface area (Å²) in [5, 5.41) is 2.85. The van der Waals surface area contributed by atoms with Crippen LogP contribution in [0.1, 0.15) is 20.8 Å². The lowest BCUT2D eigenvalue weighted by molar-refractivity contribution is 0.0951.